The molecule has 0 unspecified atom stereocenters. The molecule has 0 aliphatic carbocycles. The summed E-state index contributed by atoms with van der Waals surface area (Å²) >= 11 is 0. The number of nitrogens with zero attached hydrogens (tertiary/aromatic N) is 2. The third kappa shape index (κ3) is 3.23. The van der Waals surface area contributed by atoms with Crippen molar-refractivity contribution in [1.82, 2.24) is 10.3 Å². The van der Waals surface area contributed by atoms with Gasteiger partial charge in [-0.2, -0.15) is 0 Å². The predicted octanol–water partition coefficient (Wildman–Crippen LogP) is 2.58. The standard InChI is InChI=1S/C15H19N3O/c1-16-11-12-7-8-17-15(9-12)18(2)13-5-4-6-14(10-13)19-3/h4-10,16H,11H2,1-3H3. The van der Waals surface area contributed by atoms with Gasteiger partial charge in [0.2, 0.25) is 0 Å². The first kappa shape index (κ1) is 13.4. The molecule has 0 aliphatic rings. The maximum atomic E-state index is 5.25. The average molecular weight is 257 g/mol. The Labute approximate surface area is 114 Å². The summed E-state index contributed by atoms with van der Waals surface area (Å²) in [6, 6.07) is 12.0. The van der Waals surface area contributed by atoms with Crippen molar-refractivity contribution in [3.05, 3.63) is 48.2 Å². The van der Waals surface area contributed by atoms with Gasteiger partial charge in [0.15, 0.2) is 0 Å². The van der Waals surface area contributed by atoms with Crippen molar-refractivity contribution in [3.63, 3.8) is 0 Å². The van der Waals surface area contributed by atoms with Crippen LogP contribution in [0.5, 0.6) is 5.75 Å². The van der Waals surface area contributed by atoms with Gasteiger partial charge in [0.1, 0.15) is 11.6 Å². The summed E-state index contributed by atoms with van der Waals surface area (Å²) in [6.07, 6.45) is 1.83. The lowest BCUT2D eigenvalue weighted by atomic mass is 10.2. The number of ether oxygens (including phenoxy) is 1. The van der Waals surface area contributed by atoms with E-state index >= 15 is 0 Å². The topological polar surface area (TPSA) is 37.4 Å². The quantitative estimate of drug-likeness (QED) is 0.893. The second-order valence-corrected chi connectivity index (χ2v) is 4.31. The number of benzene rings is 1. The summed E-state index contributed by atoms with van der Waals surface area (Å²) in [6.45, 7) is 0.835. The molecule has 0 saturated heterocycles. The molecule has 0 amide bonds. The molecular formula is C15H19N3O. The fraction of sp³-hybridized carbons (Fsp3) is 0.267. The minimum atomic E-state index is 0.835. The van der Waals surface area contributed by atoms with Crippen LogP contribution in [-0.4, -0.2) is 26.2 Å². The van der Waals surface area contributed by atoms with Gasteiger partial charge in [0, 0.05) is 31.5 Å². The zero-order valence-corrected chi connectivity index (χ0v) is 11.6. The van der Waals surface area contributed by atoms with Crippen LogP contribution in [-0.2, 0) is 6.54 Å². The minimum absolute atomic E-state index is 0.835. The van der Waals surface area contributed by atoms with E-state index < -0.39 is 0 Å². The van der Waals surface area contributed by atoms with Crippen LogP contribution < -0.4 is 15.0 Å². The molecule has 0 aliphatic heterocycles. The molecule has 0 bridgehead atoms. The van der Waals surface area contributed by atoms with E-state index in [2.05, 4.69) is 16.4 Å². The zero-order chi connectivity index (χ0) is 13.7. The van der Waals surface area contributed by atoms with Crippen LogP contribution >= 0.6 is 0 Å². The van der Waals surface area contributed by atoms with Crippen molar-refractivity contribution >= 4 is 11.5 Å². The normalized spacial score (nSPS) is 10.3. The van der Waals surface area contributed by atoms with Crippen molar-refractivity contribution in [2.75, 3.05) is 26.1 Å². The summed E-state index contributed by atoms with van der Waals surface area (Å²) in [5.41, 5.74) is 2.26. The van der Waals surface area contributed by atoms with Gasteiger partial charge in [-0.1, -0.05) is 6.07 Å². The van der Waals surface area contributed by atoms with Crippen LogP contribution in [0, 0.1) is 0 Å². The lowest BCUT2D eigenvalue weighted by molar-refractivity contribution is 0.415. The molecule has 19 heavy (non-hydrogen) atoms. The monoisotopic (exact) mass is 257 g/mol. The molecule has 0 fully saturated rings. The van der Waals surface area contributed by atoms with Gasteiger partial charge in [-0.3, -0.25) is 0 Å². The molecule has 1 heterocycles. The maximum absolute atomic E-state index is 5.25. The largest absolute Gasteiger partial charge is 0.497 e. The molecule has 1 aromatic carbocycles. The smallest absolute Gasteiger partial charge is 0.132 e. The lowest BCUT2D eigenvalue weighted by Gasteiger charge is -2.19. The third-order valence-corrected chi connectivity index (χ3v) is 2.98. The molecule has 1 N–H and O–H groups in total. The highest BCUT2D eigenvalue weighted by atomic mass is 16.5. The lowest BCUT2D eigenvalue weighted by Crippen LogP contribution is -2.12. The molecule has 0 radical (unpaired) electrons. The maximum Gasteiger partial charge on any atom is 0.132 e. The minimum Gasteiger partial charge on any atom is -0.497 e. The predicted molar refractivity (Wildman–Crippen MR) is 78.1 cm³/mol. The molecule has 2 rings (SSSR count). The van der Waals surface area contributed by atoms with Gasteiger partial charge < -0.3 is 15.0 Å². The number of pyridine rings is 1. The van der Waals surface area contributed by atoms with Gasteiger partial charge in [0.25, 0.3) is 0 Å². The number of anilines is 2. The first-order valence-corrected chi connectivity index (χ1v) is 6.22. The highest BCUT2D eigenvalue weighted by molar-refractivity contribution is 5.61. The summed E-state index contributed by atoms with van der Waals surface area (Å²) in [4.78, 5) is 6.45. The molecule has 4 heteroatoms. The average Bonchev–Trinajstić information content (AvgIpc) is 2.47. The Morgan fingerprint density at radius 1 is 1.26 bits per heavy atom. The van der Waals surface area contributed by atoms with Crippen LogP contribution in [0.15, 0.2) is 42.6 Å². The van der Waals surface area contributed by atoms with E-state index in [1.54, 1.807) is 7.11 Å². The summed E-state index contributed by atoms with van der Waals surface area (Å²) in [5.74, 6) is 1.76. The van der Waals surface area contributed by atoms with E-state index in [4.69, 9.17) is 4.74 Å². The third-order valence-electron chi connectivity index (χ3n) is 2.98. The summed E-state index contributed by atoms with van der Waals surface area (Å²) < 4.78 is 5.25. The van der Waals surface area contributed by atoms with Crippen LogP contribution in [0.3, 0.4) is 0 Å². The second kappa shape index (κ2) is 6.20. The molecule has 1 aromatic heterocycles. The number of nitrogens with one attached hydrogen (secondary N) is 1. The molecule has 0 saturated carbocycles. The van der Waals surface area contributed by atoms with Gasteiger partial charge in [-0.25, -0.2) is 4.98 Å². The number of methoxy groups -OCH3 is 1. The number of rotatable bonds is 5. The number of aromatic nitrogens is 1. The van der Waals surface area contributed by atoms with Crippen LogP contribution in [0.4, 0.5) is 11.5 Å². The van der Waals surface area contributed by atoms with Crippen LogP contribution in [0.25, 0.3) is 0 Å². The molecule has 2 aromatic rings. The SMILES string of the molecule is CNCc1ccnc(N(C)c2cccc(OC)c2)c1. The van der Waals surface area contributed by atoms with Crippen molar-refractivity contribution in [3.8, 4) is 5.75 Å². The zero-order valence-electron chi connectivity index (χ0n) is 11.6. The summed E-state index contributed by atoms with van der Waals surface area (Å²) in [7, 11) is 5.61. The van der Waals surface area contributed by atoms with Gasteiger partial charge in [0.05, 0.1) is 7.11 Å². The Morgan fingerprint density at radius 2 is 2.11 bits per heavy atom. The fourth-order valence-electron chi connectivity index (χ4n) is 1.91. The summed E-state index contributed by atoms with van der Waals surface area (Å²) in [5, 5.41) is 3.14. The second-order valence-electron chi connectivity index (χ2n) is 4.31. The fourth-order valence-corrected chi connectivity index (χ4v) is 1.91. The molecule has 100 valence electrons. The molecule has 0 spiro atoms. The Hall–Kier alpha value is -2.07. The van der Waals surface area contributed by atoms with Crippen molar-refractivity contribution in [2.24, 2.45) is 0 Å². The van der Waals surface area contributed by atoms with Crippen LogP contribution in [0.2, 0.25) is 0 Å². The van der Waals surface area contributed by atoms with Crippen molar-refractivity contribution in [2.45, 2.75) is 6.54 Å². The van der Waals surface area contributed by atoms with E-state index in [1.165, 1.54) is 5.56 Å². The van der Waals surface area contributed by atoms with E-state index in [0.29, 0.717) is 0 Å². The first-order chi connectivity index (χ1) is 9.24. The van der Waals surface area contributed by atoms with Crippen LogP contribution in [0.1, 0.15) is 5.56 Å². The van der Waals surface area contributed by atoms with Gasteiger partial charge in [-0.15, -0.1) is 0 Å². The van der Waals surface area contributed by atoms with Crippen molar-refractivity contribution < 1.29 is 4.74 Å². The Kier molecular flexibility index (Phi) is 4.36. The highest BCUT2D eigenvalue weighted by Crippen LogP contribution is 2.25. The van der Waals surface area contributed by atoms with E-state index in [-0.39, 0.29) is 0 Å². The first-order valence-electron chi connectivity index (χ1n) is 6.22. The Bertz CT molecular complexity index is 542. The van der Waals surface area contributed by atoms with Gasteiger partial charge in [-0.05, 0) is 36.9 Å². The van der Waals surface area contributed by atoms with Gasteiger partial charge >= 0.3 is 0 Å². The molecule has 4 nitrogen and oxygen atoms in total. The Balaban J connectivity index is 2.27. The van der Waals surface area contributed by atoms with E-state index in [1.807, 2.05) is 55.5 Å². The van der Waals surface area contributed by atoms with E-state index in [9.17, 15) is 0 Å². The molecule has 0 atom stereocenters. The van der Waals surface area contributed by atoms with E-state index in [0.717, 1.165) is 23.8 Å². The Morgan fingerprint density at radius 3 is 2.84 bits per heavy atom. The molecular weight excluding hydrogens is 238 g/mol. The number of hydrogen-bond acceptors (Lipinski definition) is 4. The number of hydrogen-bond donors (Lipinski definition) is 1. The highest BCUT2D eigenvalue weighted by Gasteiger charge is 2.06. The van der Waals surface area contributed by atoms with Crippen molar-refractivity contribution in [1.29, 1.82) is 0 Å².